The molecule has 29 heavy (non-hydrogen) atoms. The number of hydrogen-bond acceptors (Lipinski definition) is 4. The summed E-state index contributed by atoms with van der Waals surface area (Å²) in [5, 5.41) is 6.48. The molecule has 0 amide bonds. The first-order valence-corrected chi connectivity index (χ1v) is 9.46. The lowest BCUT2D eigenvalue weighted by atomic mass is 10.1. The summed E-state index contributed by atoms with van der Waals surface area (Å²) in [6.45, 7) is 6.50. The molecule has 0 atom stereocenters. The van der Waals surface area contributed by atoms with Gasteiger partial charge in [-0.05, 0) is 38.1 Å². The molecule has 2 aromatic carbocycles. The van der Waals surface area contributed by atoms with Gasteiger partial charge in [-0.1, -0.05) is 35.9 Å². The van der Waals surface area contributed by atoms with Crippen LogP contribution in [0, 0.1) is 6.92 Å². The van der Waals surface area contributed by atoms with Gasteiger partial charge in [-0.3, -0.25) is 0 Å². The zero-order valence-corrected chi connectivity index (χ0v) is 19.1. The Morgan fingerprint density at radius 1 is 1.07 bits per heavy atom. The van der Waals surface area contributed by atoms with Gasteiger partial charge in [0.05, 0.1) is 13.1 Å². The van der Waals surface area contributed by atoms with E-state index in [9.17, 15) is 0 Å². The number of nitrogens with one attached hydrogen (secondary N) is 2. The van der Waals surface area contributed by atoms with Crippen molar-refractivity contribution < 1.29 is 9.15 Å². The second-order valence-electron chi connectivity index (χ2n) is 6.29. The fraction of sp³-hybridized carbons (Fsp3) is 0.273. The van der Waals surface area contributed by atoms with E-state index in [1.807, 2.05) is 61.5 Å². The van der Waals surface area contributed by atoms with Crippen LogP contribution in [0.5, 0.6) is 5.75 Å². The van der Waals surface area contributed by atoms with E-state index in [1.54, 1.807) is 6.26 Å². The number of nitrogens with zero attached hydrogens (tertiary/aromatic N) is 2. The van der Waals surface area contributed by atoms with Crippen LogP contribution in [-0.4, -0.2) is 30.6 Å². The maximum atomic E-state index is 5.69. The lowest BCUT2D eigenvalue weighted by molar-refractivity contribution is 0.322. The molecule has 6 nitrogen and oxygen atoms in total. The minimum Gasteiger partial charge on any atom is -0.492 e. The molecule has 0 saturated heterocycles. The second-order valence-corrected chi connectivity index (χ2v) is 6.29. The zero-order chi connectivity index (χ0) is 19.6. The monoisotopic (exact) mass is 506 g/mol. The topological polar surface area (TPSA) is 71.7 Å². The van der Waals surface area contributed by atoms with Crippen molar-refractivity contribution in [2.75, 3.05) is 19.7 Å². The van der Waals surface area contributed by atoms with E-state index in [0.717, 1.165) is 29.5 Å². The SMILES string of the molecule is CCNC(=NCc1coc(-c2ccc(C)cc2)n1)NCCOc1ccccc1.I. The van der Waals surface area contributed by atoms with E-state index in [-0.39, 0.29) is 24.0 Å². The van der Waals surface area contributed by atoms with Crippen LogP contribution in [0.1, 0.15) is 18.2 Å². The molecule has 3 aromatic rings. The molecule has 1 heterocycles. The highest BCUT2D eigenvalue weighted by Crippen LogP contribution is 2.19. The number of halogens is 1. The Bertz CT molecular complexity index is 879. The summed E-state index contributed by atoms with van der Waals surface area (Å²) in [5.41, 5.74) is 2.95. The van der Waals surface area contributed by atoms with Crippen molar-refractivity contribution in [2.45, 2.75) is 20.4 Å². The van der Waals surface area contributed by atoms with Gasteiger partial charge in [-0.2, -0.15) is 0 Å². The van der Waals surface area contributed by atoms with Crippen molar-refractivity contribution in [3.05, 3.63) is 72.1 Å². The van der Waals surface area contributed by atoms with Crippen molar-refractivity contribution in [1.82, 2.24) is 15.6 Å². The predicted molar refractivity (Wildman–Crippen MR) is 127 cm³/mol. The molecule has 3 rings (SSSR count). The maximum Gasteiger partial charge on any atom is 0.226 e. The average molecular weight is 506 g/mol. The number of hydrogen-bond donors (Lipinski definition) is 2. The fourth-order valence-corrected chi connectivity index (χ4v) is 2.57. The quantitative estimate of drug-likeness (QED) is 0.205. The zero-order valence-electron chi connectivity index (χ0n) is 16.7. The number of aliphatic imine (C=N–C) groups is 1. The molecule has 0 unspecified atom stereocenters. The Kier molecular flexibility index (Phi) is 9.49. The van der Waals surface area contributed by atoms with Gasteiger partial charge in [-0.25, -0.2) is 9.98 Å². The molecular weight excluding hydrogens is 479 g/mol. The van der Waals surface area contributed by atoms with Crippen LogP contribution in [-0.2, 0) is 6.54 Å². The first kappa shape index (κ1) is 22.7. The fourth-order valence-electron chi connectivity index (χ4n) is 2.57. The van der Waals surface area contributed by atoms with Crippen molar-refractivity contribution in [1.29, 1.82) is 0 Å². The van der Waals surface area contributed by atoms with E-state index in [4.69, 9.17) is 9.15 Å². The van der Waals surface area contributed by atoms with Crippen molar-refractivity contribution in [2.24, 2.45) is 4.99 Å². The van der Waals surface area contributed by atoms with Crippen molar-refractivity contribution in [3.63, 3.8) is 0 Å². The standard InChI is InChI=1S/C22H26N4O2.HI/c1-3-23-22(24-13-14-27-20-7-5-4-6-8-20)25-15-19-16-28-21(26-19)18-11-9-17(2)10-12-18;/h4-12,16H,3,13-15H2,1-2H3,(H2,23,24,25);1H. The van der Waals surface area contributed by atoms with Crippen molar-refractivity contribution in [3.8, 4) is 17.2 Å². The van der Waals surface area contributed by atoms with Crippen molar-refractivity contribution >= 4 is 29.9 Å². The molecule has 0 bridgehead atoms. The molecule has 7 heteroatoms. The van der Waals surface area contributed by atoms with Crippen LogP contribution >= 0.6 is 24.0 Å². The Balaban J connectivity index is 0.00000300. The van der Waals surface area contributed by atoms with E-state index in [0.29, 0.717) is 25.6 Å². The van der Waals surface area contributed by atoms with Crippen LogP contribution in [0.2, 0.25) is 0 Å². The van der Waals surface area contributed by atoms with Crippen LogP contribution in [0.3, 0.4) is 0 Å². The Labute approximate surface area is 188 Å². The van der Waals surface area contributed by atoms with Crippen LogP contribution in [0.15, 0.2) is 70.3 Å². The molecule has 0 saturated carbocycles. The molecule has 0 aliphatic rings. The summed E-state index contributed by atoms with van der Waals surface area (Å²) >= 11 is 0. The second kappa shape index (κ2) is 12.1. The van der Waals surface area contributed by atoms with Gasteiger partial charge < -0.3 is 19.8 Å². The minimum absolute atomic E-state index is 0. The summed E-state index contributed by atoms with van der Waals surface area (Å²) < 4.78 is 11.3. The number of para-hydroxylation sites is 1. The number of guanidine groups is 1. The predicted octanol–water partition coefficient (Wildman–Crippen LogP) is 4.40. The third kappa shape index (κ3) is 7.41. The summed E-state index contributed by atoms with van der Waals surface area (Å²) in [6, 6.07) is 17.9. The highest BCUT2D eigenvalue weighted by Gasteiger charge is 2.06. The first-order chi connectivity index (χ1) is 13.7. The minimum atomic E-state index is 0. The summed E-state index contributed by atoms with van der Waals surface area (Å²) in [4.78, 5) is 9.09. The Morgan fingerprint density at radius 2 is 1.83 bits per heavy atom. The molecule has 0 radical (unpaired) electrons. The highest BCUT2D eigenvalue weighted by molar-refractivity contribution is 14.0. The van der Waals surface area contributed by atoms with Gasteiger partial charge in [0.1, 0.15) is 24.3 Å². The molecule has 0 aliphatic heterocycles. The van der Waals surface area contributed by atoms with Gasteiger partial charge in [0.25, 0.3) is 0 Å². The smallest absolute Gasteiger partial charge is 0.226 e. The van der Waals surface area contributed by atoms with Crippen LogP contribution in [0.4, 0.5) is 0 Å². The number of benzene rings is 2. The average Bonchev–Trinajstić information content (AvgIpc) is 3.19. The highest BCUT2D eigenvalue weighted by atomic mass is 127. The largest absolute Gasteiger partial charge is 0.492 e. The van der Waals surface area contributed by atoms with Crippen LogP contribution < -0.4 is 15.4 Å². The maximum absolute atomic E-state index is 5.69. The van der Waals surface area contributed by atoms with Gasteiger partial charge in [-0.15, -0.1) is 24.0 Å². The molecule has 0 aliphatic carbocycles. The van der Waals surface area contributed by atoms with Gasteiger partial charge in [0.15, 0.2) is 5.96 Å². The molecule has 0 fully saturated rings. The summed E-state index contributed by atoms with van der Waals surface area (Å²) in [7, 11) is 0. The van der Waals surface area contributed by atoms with E-state index >= 15 is 0 Å². The first-order valence-electron chi connectivity index (χ1n) is 9.46. The number of rotatable bonds is 8. The Morgan fingerprint density at radius 3 is 2.55 bits per heavy atom. The van der Waals surface area contributed by atoms with Crippen LogP contribution in [0.25, 0.3) is 11.5 Å². The van der Waals surface area contributed by atoms with Gasteiger partial charge in [0.2, 0.25) is 5.89 Å². The summed E-state index contributed by atoms with van der Waals surface area (Å²) in [5.74, 6) is 2.19. The third-order valence-corrected chi connectivity index (χ3v) is 4.00. The molecular formula is C22H27IN4O2. The number of aromatic nitrogens is 1. The lowest BCUT2D eigenvalue weighted by Gasteiger charge is -2.11. The molecule has 0 spiro atoms. The van der Waals surface area contributed by atoms with E-state index < -0.39 is 0 Å². The third-order valence-electron chi connectivity index (χ3n) is 4.00. The van der Waals surface area contributed by atoms with E-state index in [2.05, 4.69) is 27.5 Å². The van der Waals surface area contributed by atoms with E-state index in [1.165, 1.54) is 5.56 Å². The van der Waals surface area contributed by atoms with Gasteiger partial charge >= 0.3 is 0 Å². The normalized spacial score (nSPS) is 10.9. The molecule has 154 valence electrons. The number of ether oxygens (including phenoxy) is 1. The van der Waals surface area contributed by atoms with Gasteiger partial charge in [0, 0.05) is 12.1 Å². The Hall–Kier alpha value is -2.55. The summed E-state index contributed by atoms with van der Waals surface area (Å²) in [6.07, 6.45) is 1.65. The molecule has 1 aromatic heterocycles. The number of oxazole rings is 1. The molecule has 2 N–H and O–H groups in total. The number of aryl methyl sites for hydroxylation is 1. The lowest BCUT2D eigenvalue weighted by Crippen LogP contribution is -2.39.